The number of aryl methyl sites for hydroxylation is 1. The van der Waals surface area contributed by atoms with Gasteiger partial charge in [0.2, 0.25) is 0 Å². The van der Waals surface area contributed by atoms with Crippen LogP contribution in [0.1, 0.15) is 49.3 Å². The molecule has 0 radical (unpaired) electrons. The highest BCUT2D eigenvalue weighted by Gasteiger charge is 2.29. The Morgan fingerprint density at radius 1 is 0.833 bits per heavy atom. The van der Waals surface area contributed by atoms with Gasteiger partial charge in [-0.1, -0.05) is 73.5 Å². The van der Waals surface area contributed by atoms with Gasteiger partial charge in [-0.05, 0) is 62.7 Å². The van der Waals surface area contributed by atoms with Crippen LogP contribution in [0.15, 0.2) is 60.7 Å². The normalized spacial score (nSPS) is 22.5. The Morgan fingerprint density at radius 3 is 2.00 bits per heavy atom. The maximum atomic E-state index is 2.42. The Hall–Kier alpha value is -1.60. The Bertz CT molecular complexity index is 582. The molecule has 24 heavy (non-hydrogen) atoms. The van der Waals surface area contributed by atoms with E-state index in [9.17, 15) is 0 Å². The van der Waals surface area contributed by atoms with Crippen LogP contribution in [-0.4, -0.2) is 19.0 Å². The molecular weight excluding hydrogens is 290 g/mol. The predicted octanol–water partition coefficient (Wildman–Crippen LogP) is 5.73. The van der Waals surface area contributed by atoms with E-state index in [0.717, 1.165) is 11.8 Å². The minimum absolute atomic E-state index is 0.571. The summed E-state index contributed by atoms with van der Waals surface area (Å²) in [6.07, 6.45) is 8.14. The van der Waals surface area contributed by atoms with Crippen LogP contribution in [0.2, 0.25) is 0 Å². The Labute approximate surface area is 147 Å². The molecule has 0 bridgehead atoms. The van der Waals surface area contributed by atoms with Crippen molar-refractivity contribution in [2.75, 3.05) is 14.1 Å². The fourth-order valence-corrected chi connectivity index (χ4v) is 4.45. The van der Waals surface area contributed by atoms with E-state index < -0.39 is 0 Å². The molecule has 0 aliphatic heterocycles. The van der Waals surface area contributed by atoms with Crippen LogP contribution in [0.4, 0.5) is 0 Å². The van der Waals surface area contributed by atoms with E-state index >= 15 is 0 Å². The molecular formula is C23H31N. The van der Waals surface area contributed by atoms with Crippen LogP contribution in [0.3, 0.4) is 0 Å². The summed E-state index contributed by atoms with van der Waals surface area (Å²) in [6.45, 7) is 0. The van der Waals surface area contributed by atoms with E-state index in [4.69, 9.17) is 0 Å². The zero-order chi connectivity index (χ0) is 16.8. The van der Waals surface area contributed by atoms with Crippen molar-refractivity contribution in [2.24, 2.45) is 11.8 Å². The van der Waals surface area contributed by atoms with E-state index in [0.29, 0.717) is 6.04 Å². The highest BCUT2D eigenvalue weighted by atomic mass is 15.1. The SMILES string of the molecule is CN(C)C(c1ccccc1)[C@H]1CC[C@H](CCc2ccccc2)CC1. The third-order valence-electron chi connectivity index (χ3n) is 5.72. The van der Waals surface area contributed by atoms with E-state index in [1.807, 2.05) is 0 Å². The second-order valence-electron chi connectivity index (χ2n) is 7.62. The molecule has 1 unspecified atom stereocenters. The van der Waals surface area contributed by atoms with Gasteiger partial charge < -0.3 is 4.90 Å². The summed E-state index contributed by atoms with van der Waals surface area (Å²) in [4.78, 5) is 2.42. The van der Waals surface area contributed by atoms with Gasteiger partial charge in [0.05, 0.1) is 0 Å². The zero-order valence-electron chi connectivity index (χ0n) is 15.2. The summed E-state index contributed by atoms with van der Waals surface area (Å²) in [6, 6.07) is 22.6. The van der Waals surface area contributed by atoms with E-state index in [1.54, 1.807) is 0 Å². The molecule has 3 rings (SSSR count). The highest BCUT2D eigenvalue weighted by molar-refractivity contribution is 5.20. The van der Waals surface area contributed by atoms with Crippen LogP contribution < -0.4 is 0 Å². The lowest BCUT2D eigenvalue weighted by Crippen LogP contribution is -2.30. The molecule has 1 aliphatic rings. The van der Waals surface area contributed by atoms with Gasteiger partial charge in [0.1, 0.15) is 0 Å². The first-order chi connectivity index (χ1) is 11.7. The van der Waals surface area contributed by atoms with Crippen molar-refractivity contribution in [3.8, 4) is 0 Å². The fourth-order valence-electron chi connectivity index (χ4n) is 4.45. The van der Waals surface area contributed by atoms with Gasteiger partial charge >= 0.3 is 0 Å². The summed E-state index contributed by atoms with van der Waals surface area (Å²) in [5, 5.41) is 0. The standard InChI is InChI=1S/C23H31N/c1-24(2)23(21-11-7-4-8-12-21)22-17-15-20(16-18-22)14-13-19-9-5-3-6-10-19/h3-12,20,22-23H,13-18H2,1-2H3/t20-,22-,23?. The number of rotatable bonds is 6. The maximum Gasteiger partial charge on any atom is 0.0370 e. The average molecular weight is 322 g/mol. The lowest BCUT2D eigenvalue weighted by atomic mass is 9.75. The molecule has 0 saturated heterocycles. The number of hydrogen-bond acceptors (Lipinski definition) is 1. The van der Waals surface area contributed by atoms with Gasteiger partial charge in [-0.3, -0.25) is 0 Å². The van der Waals surface area contributed by atoms with Gasteiger partial charge in [-0.15, -0.1) is 0 Å². The molecule has 0 aromatic heterocycles. The fraction of sp³-hybridized carbons (Fsp3) is 0.478. The van der Waals surface area contributed by atoms with Crippen LogP contribution >= 0.6 is 0 Å². The van der Waals surface area contributed by atoms with Crippen molar-refractivity contribution < 1.29 is 0 Å². The van der Waals surface area contributed by atoms with Crippen molar-refractivity contribution in [1.29, 1.82) is 0 Å². The van der Waals surface area contributed by atoms with Crippen LogP contribution in [0, 0.1) is 11.8 Å². The molecule has 0 amide bonds. The van der Waals surface area contributed by atoms with Gasteiger partial charge in [0.15, 0.2) is 0 Å². The molecule has 0 spiro atoms. The third kappa shape index (κ3) is 4.48. The lowest BCUT2D eigenvalue weighted by molar-refractivity contribution is 0.146. The monoisotopic (exact) mass is 321 g/mol. The van der Waals surface area contributed by atoms with Crippen molar-refractivity contribution in [3.63, 3.8) is 0 Å². The second-order valence-corrected chi connectivity index (χ2v) is 7.62. The van der Waals surface area contributed by atoms with Crippen LogP contribution in [0.5, 0.6) is 0 Å². The Morgan fingerprint density at radius 2 is 1.42 bits per heavy atom. The van der Waals surface area contributed by atoms with E-state index in [1.165, 1.54) is 49.7 Å². The van der Waals surface area contributed by atoms with Gasteiger partial charge in [-0.2, -0.15) is 0 Å². The van der Waals surface area contributed by atoms with Crippen molar-refractivity contribution >= 4 is 0 Å². The predicted molar refractivity (Wildman–Crippen MR) is 103 cm³/mol. The Kier molecular flexibility index (Phi) is 6.09. The smallest absolute Gasteiger partial charge is 0.0370 e. The lowest BCUT2D eigenvalue weighted by Gasteiger charge is -2.37. The molecule has 1 heteroatoms. The molecule has 128 valence electrons. The van der Waals surface area contributed by atoms with Crippen molar-refractivity contribution in [1.82, 2.24) is 4.90 Å². The minimum atomic E-state index is 0.571. The summed E-state index contributed by atoms with van der Waals surface area (Å²) >= 11 is 0. The number of benzene rings is 2. The zero-order valence-corrected chi connectivity index (χ0v) is 15.2. The Balaban J connectivity index is 1.53. The third-order valence-corrected chi connectivity index (χ3v) is 5.72. The largest absolute Gasteiger partial charge is 0.302 e. The summed E-state index contributed by atoms with van der Waals surface area (Å²) in [7, 11) is 4.47. The molecule has 1 aliphatic carbocycles. The van der Waals surface area contributed by atoms with E-state index in [-0.39, 0.29) is 0 Å². The minimum Gasteiger partial charge on any atom is -0.302 e. The average Bonchev–Trinajstić information content (AvgIpc) is 2.63. The van der Waals surface area contributed by atoms with Crippen LogP contribution in [-0.2, 0) is 6.42 Å². The molecule has 0 heterocycles. The van der Waals surface area contributed by atoms with Gasteiger partial charge in [0.25, 0.3) is 0 Å². The first-order valence-corrected chi connectivity index (χ1v) is 9.49. The van der Waals surface area contributed by atoms with Crippen molar-refractivity contribution in [2.45, 2.75) is 44.6 Å². The highest BCUT2D eigenvalue weighted by Crippen LogP contribution is 2.40. The number of hydrogen-bond donors (Lipinski definition) is 0. The van der Waals surface area contributed by atoms with E-state index in [2.05, 4.69) is 79.7 Å². The molecule has 2 aromatic carbocycles. The molecule has 1 atom stereocenters. The van der Waals surface area contributed by atoms with Gasteiger partial charge in [0, 0.05) is 6.04 Å². The summed E-state index contributed by atoms with van der Waals surface area (Å²) < 4.78 is 0. The topological polar surface area (TPSA) is 3.24 Å². The maximum absolute atomic E-state index is 2.42. The van der Waals surface area contributed by atoms with Gasteiger partial charge in [-0.25, -0.2) is 0 Å². The molecule has 0 N–H and O–H groups in total. The molecule has 1 fully saturated rings. The second kappa shape index (κ2) is 8.48. The summed E-state index contributed by atoms with van der Waals surface area (Å²) in [5.74, 6) is 1.72. The first-order valence-electron chi connectivity index (χ1n) is 9.49. The number of nitrogens with zero attached hydrogens (tertiary/aromatic N) is 1. The van der Waals surface area contributed by atoms with Crippen molar-refractivity contribution in [3.05, 3.63) is 71.8 Å². The molecule has 1 nitrogen and oxygen atoms in total. The first kappa shape index (κ1) is 17.2. The quantitative estimate of drug-likeness (QED) is 0.657. The van der Waals surface area contributed by atoms with Crippen LogP contribution in [0.25, 0.3) is 0 Å². The molecule has 2 aromatic rings. The summed E-state index contributed by atoms with van der Waals surface area (Å²) in [5.41, 5.74) is 2.98. The molecule has 1 saturated carbocycles.